The van der Waals surface area contributed by atoms with Gasteiger partial charge in [0.2, 0.25) is 0 Å². The molecule has 2 rings (SSSR count). The first-order valence-electron chi connectivity index (χ1n) is 7.19. The van der Waals surface area contributed by atoms with Crippen LogP contribution in [0.5, 0.6) is 5.75 Å². The average molecular weight is 348 g/mol. The molecule has 0 bridgehead atoms. The highest BCUT2D eigenvalue weighted by Gasteiger charge is 2.06. The molecule has 0 saturated heterocycles. The molecule has 21 heavy (non-hydrogen) atoms. The molecular weight excluding hydrogens is 326 g/mol. The van der Waals surface area contributed by atoms with Gasteiger partial charge in [-0.15, -0.1) is 0 Å². The molecule has 112 valence electrons. The SMILES string of the molecule is Cc1cc(C)c(COc2ccc(Br)c(CCN)c2)c(C)c1. The first kappa shape index (κ1) is 16.1. The summed E-state index contributed by atoms with van der Waals surface area (Å²) in [5.41, 5.74) is 12.0. The summed E-state index contributed by atoms with van der Waals surface area (Å²) in [5, 5.41) is 0. The summed E-state index contributed by atoms with van der Waals surface area (Å²) < 4.78 is 7.06. The molecule has 2 nitrogen and oxygen atoms in total. The minimum absolute atomic E-state index is 0.599. The van der Waals surface area contributed by atoms with Crippen molar-refractivity contribution in [2.45, 2.75) is 33.8 Å². The van der Waals surface area contributed by atoms with Crippen molar-refractivity contribution in [3.05, 3.63) is 62.6 Å². The standard InChI is InChI=1S/C18H22BrNO/c1-12-8-13(2)17(14(3)9-12)11-21-16-4-5-18(19)15(10-16)6-7-20/h4-5,8-10H,6-7,11,20H2,1-3H3. The van der Waals surface area contributed by atoms with Crippen molar-refractivity contribution in [3.63, 3.8) is 0 Å². The molecule has 0 fully saturated rings. The zero-order valence-electron chi connectivity index (χ0n) is 12.9. The van der Waals surface area contributed by atoms with Crippen molar-refractivity contribution < 1.29 is 4.74 Å². The van der Waals surface area contributed by atoms with Crippen LogP contribution in [0.4, 0.5) is 0 Å². The Morgan fingerprint density at radius 2 is 1.71 bits per heavy atom. The molecular formula is C18H22BrNO. The fraction of sp³-hybridized carbons (Fsp3) is 0.333. The summed E-state index contributed by atoms with van der Waals surface area (Å²) in [5.74, 6) is 0.890. The second-order valence-electron chi connectivity index (χ2n) is 5.46. The van der Waals surface area contributed by atoms with Crippen LogP contribution < -0.4 is 10.5 Å². The van der Waals surface area contributed by atoms with Gasteiger partial charge in [-0.3, -0.25) is 0 Å². The van der Waals surface area contributed by atoms with E-state index in [0.29, 0.717) is 13.2 Å². The lowest BCUT2D eigenvalue weighted by Crippen LogP contribution is -2.04. The highest BCUT2D eigenvalue weighted by Crippen LogP contribution is 2.25. The third-order valence-electron chi connectivity index (χ3n) is 3.65. The summed E-state index contributed by atoms with van der Waals surface area (Å²) in [6, 6.07) is 10.5. The van der Waals surface area contributed by atoms with Gasteiger partial charge in [-0.1, -0.05) is 33.6 Å². The van der Waals surface area contributed by atoms with Crippen LogP contribution >= 0.6 is 15.9 Å². The molecule has 2 aromatic rings. The van der Waals surface area contributed by atoms with Crippen LogP contribution in [0, 0.1) is 20.8 Å². The minimum Gasteiger partial charge on any atom is -0.489 e. The van der Waals surface area contributed by atoms with Crippen LogP contribution in [0.15, 0.2) is 34.8 Å². The van der Waals surface area contributed by atoms with Gasteiger partial charge in [0.05, 0.1) is 0 Å². The van der Waals surface area contributed by atoms with E-state index in [2.05, 4.69) is 54.9 Å². The quantitative estimate of drug-likeness (QED) is 0.866. The lowest BCUT2D eigenvalue weighted by Gasteiger charge is -2.14. The molecule has 2 N–H and O–H groups in total. The number of benzene rings is 2. The van der Waals surface area contributed by atoms with Crippen molar-refractivity contribution in [2.24, 2.45) is 5.73 Å². The molecule has 0 saturated carbocycles. The van der Waals surface area contributed by atoms with E-state index < -0.39 is 0 Å². The summed E-state index contributed by atoms with van der Waals surface area (Å²) in [7, 11) is 0. The highest BCUT2D eigenvalue weighted by atomic mass is 79.9. The summed E-state index contributed by atoms with van der Waals surface area (Å²) in [6.45, 7) is 7.64. The van der Waals surface area contributed by atoms with Crippen molar-refractivity contribution in [2.75, 3.05) is 6.54 Å². The Morgan fingerprint density at radius 1 is 1.05 bits per heavy atom. The molecule has 0 aliphatic rings. The molecule has 0 radical (unpaired) electrons. The highest BCUT2D eigenvalue weighted by molar-refractivity contribution is 9.10. The van der Waals surface area contributed by atoms with E-state index in [4.69, 9.17) is 10.5 Å². The van der Waals surface area contributed by atoms with E-state index in [0.717, 1.165) is 16.6 Å². The second kappa shape index (κ2) is 7.10. The Kier molecular flexibility index (Phi) is 5.43. The molecule has 2 aromatic carbocycles. The van der Waals surface area contributed by atoms with E-state index in [1.165, 1.54) is 27.8 Å². The molecule has 3 heteroatoms. The fourth-order valence-corrected chi connectivity index (χ4v) is 3.03. The molecule has 0 heterocycles. The van der Waals surface area contributed by atoms with Crippen LogP contribution in [0.25, 0.3) is 0 Å². The predicted octanol–water partition coefficient (Wildman–Crippen LogP) is 4.45. The number of hydrogen-bond acceptors (Lipinski definition) is 2. The van der Waals surface area contributed by atoms with Crippen LogP contribution in [0.1, 0.15) is 27.8 Å². The molecule has 0 spiro atoms. The number of rotatable bonds is 5. The van der Waals surface area contributed by atoms with Gasteiger partial charge in [0.1, 0.15) is 12.4 Å². The number of nitrogens with two attached hydrogens (primary N) is 1. The van der Waals surface area contributed by atoms with Crippen LogP contribution in [0.2, 0.25) is 0 Å². The molecule has 0 unspecified atom stereocenters. The molecule has 0 aliphatic carbocycles. The van der Waals surface area contributed by atoms with Crippen molar-refractivity contribution in [1.29, 1.82) is 0 Å². The van der Waals surface area contributed by atoms with Gasteiger partial charge >= 0.3 is 0 Å². The van der Waals surface area contributed by atoms with Crippen molar-refractivity contribution in [1.82, 2.24) is 0 Å². The third kappa shape index (κ3) is 4.08. The molecule has 0 amide bonds. The van der Waals surface area contributed by atoms with Gasteiger partial charge in [-0.2, -0.15) is 0 Å². The summed E-state index contributed by atoms with van der Waals surface area (Å²) >= 11 is 3.55. The zero-order chi connectivity index (χ0) is 15.4. The Balaban J connectivity index is 2.15. The van der Waals surface area contributed by atoms with Gasteiger partial charge in [-0.25, -0.2) is 0 Å². The van der Waals surface area contributed by atoms with E-state index >= 15 is 0 Å². The van der Waals surface area contributed by atoms with Gasteiger partial charge in [0.25, 0.3) is 0 Å². The zero-order valence-corrected chi connectivity index (χ0v) is 14.5. The maximum absolute atomic E-state index is 5.97. The number of ether oxygens (including phenoxy) is 1. The summed E-state index contributed by atoms with van der Waals surface area (Å²) in [4.78, 5) is 0. The van der Waals surface area contributed by atoms with Crippen LogP contribution in [-0.4, -0.2) is 6.54 Å². The Hall–Kier alpha value is -1.32. The number of halogens is 1. The molecule has 0 atom stereocenters. The predicted molar refractivity (Wildman–Crippen MR) is 91.9 cm³/mol. The fourth-order valence-electron chi connectivity index (χ4n) is 2.58. The van der Waals surface area contributed by atoms with Crippen molar-refractivity contribution in [3.8, 4) is 5.75 Å². The average Bonchev–Trinajstić information content (AvgIpc) is 2.41. The van der Waals surface area contributed by atoms with E-state index in [1.54, 1.807) is 0 Å². The number of aryl methyl sites for hydroxylation is 3. The molecule has 0 aliphatic heterocycles. The lowest BCUT2D eigenvalue weighted by molar-refractivity contribution is 0.304. The van der Waals surface area contributed by atoms with Gasteiger partial charge in [-0.05, 0) is 74.2 Å². The minimum atomic E-state index is 0.599. The van der Waals surface area contributed by atoms with Crippen LogP contribution in [-0.2, 0) is 13.0 Å². The largest absolute Gasteiger partial charge is 0.489 e. The monoisotopic (exact) mass is 347 g/mol. The first-order chi connectivity index (χ1) is 10.0. The summed E-state index contributed by atoms with van der Waals surface area (Å²) in [6.07, 6.45) is 0.848. The van der Waals surface area contributed by atoms with Crippen LogP contribution in [0.3, 0.4) is 0 Å². The number of hydrogen-bond donors (Lipinski definition) is 1. The van der Waals surface area contributed by atoms with Crippen molar-refractivity contribution >= 4 is 15.9 Å². The van der Waals surface area contributed by atoms with E-state index in [9.17, 15) is 0 Å². The topological polar surface area (TPSA) is 35.2 Å². The van der Waals surface area contributed by atoms with Gasteiger partial charge in [0, 0.05) is 4.47 Å². The van der Waals surface area contributed by atoms with E-state index in [1.807, 2.05) is 12.1 Å². The maximum Gasteiger partial charge on any atom is 0.120 e. The van der Waals surface area contributed by atoms with Gasteiger partial charge < -0.3 is 10.5 Å². The maximum atomic E-state index is 5.97. The molecule has 0 aromatic heterocycles. The van der Waals surface area contributed by atoms with Gasteiger partial charge in [0.15, 0.2) is 0 Å². The Bertz CT molecular complexity index is 614. The smallest absolute Gasteiger partial charge is 0.120 e. The lowest BCUT2D eigenvalue weighted by atomic mass is 10.0. The Labute approximate surface area is 135 Å². The first-order valence-corrected chi connectivity index (χ1v) is 7.98. The van der Waals surface area contributed by atoms with E-state index in [-0.39, 0.29) is 0 Å². The normalized spacial score (nSPS) is 10.7. The third-order valence-corrected chi connectivity index (χ3v) is 4.43. The second-order valence-corrected chi connectivity index (χ2v) is 6.31. The Morgan fingerprint density at radius 3 is 2.33 bits per heavy atom.